The lowest BCUT2D eigenvalue weighted by Gasteiger charge is -2.06. The van der Waals surface area contributed by atoms with Crippen LogP contribution in [0.4, 0.5) is 0 Å². The summed E-state index contributed by atoms with van der Waals surface area (Å²) >= 11 is 0. The van der Waals surface area contributed by atoms with Crippen molar-refractivity contribution in [3.05, 3.63) is 69.8 Å². The summed E-state index contributed by atoms with van der Waals surface area (Å²) in [6.07, 6.45) is 0.863. The van der Waals surface area contributed by atoms with Gasteiger partial charge in [-0.15, -0.1) is 0 Å². The molecule has 0 fully saturated rings. The van der Waals surface area contributed by atoms with Gasteiger partial charge < -0.3 is 0 Å². The maximum absolute atomic E-state index is 12.0. The molecule has 0 radical (unpaired) electrons. The van der Waals surface area contributed by atoms with Crippen LogP contribution in [0.15, 0.2) is 46.6 Å². The van der Waals surface area contributed by atoms with Gasteiger partial charge in [0.2, 0.25) is 11.8 Å². The van der Waals surface area contributed by atoms with Crippen LogP contribution in [0, 0.1) is 27.7 Å². The molecule has 6 heteroatoms. The molecule has 164 valence electrons. The Morgan fingerprint density at radius 1 is 0.677 bits per heavy atom. The first-order valence-corrected chi connectivity index (χ1v) is 10.5. The maximum atomic E-state index is 12.0. The Kier molecular flexibility index (Phi) is 8.67. The number of rotatable bonds is 8. The zero-order valence-electron chi connectivity index (χ0n) is 19.3. The Bertz CT molecular complexity index is 941. The molecule has 0 heterocycles. The standard InChI is InChI=1S/C25H32N4O2/c1-16-10-12-22(14-18(16)3)20(5)26-28-24(30)8-7-9-25(31)29-27-21(6)23-13-11-17(2)19(4)15-23/h10-15H,7-9H2,1-6H3,(H,28,30)(H,29,31)/b26-20+,27-21+. The number of hydrogen-bond acceptors (Lipinski definition) is 4. The molecule has 0 bridgehead atoms. The van der Waals surface area contributed by atoms with Crippen LogP contribution in [-0.4, -0.2) is 23.2 Å². The Morgan fingerprint density at radius 3 is 1.42 bits per heavy atom. The van der Waals surface area contributed by atoms with E-state index >= 15 is 0 Å². The van der Waals surface area contributed by atoms with Crippen molar-refractivity contribution in [1.82, 2.24) is 10.9 Å². The lowest BCUT2D eigenvalue weighted by molar-refractivity contribution is -0.122. The smallest absolute Gasteiger partial charge is 0.240 e. The minimum Gasteiger partial charge on any atom is -0.273 e. The van der Waals surface area contributed by atoms with Crippen molar-refractivity contribution in [1.29, 1.82) is 0 Å². The molecule has 2 N–H and O–H groups in total. The van der Waals surface area contributed by atoms with E-state index in [9.17, 15) is 9.59 Å². The number of carbonyl (C=O) groups is 2. The summed E-state index contributed by atoms with van der Waals surface area (Å²) in [4.78, 5) is 24.0. The Labute approximate surface area is 184 Å². The molecule has 0 spiro atoms. The summed E-state index contributed by atoms with van der Waals surface area (Å²) in [5, 5.41) is 8.33. The van der Waals surface area contributed by atoms with E-state index in [2.05, 4.69) is 34.9 Å². The van der Waals surface area contributed by atoms with Crippen molar-refractivity contribution in [2.75, 3.05) is 0 Å². The number of aryl methyl sites for hydroxylation is 4. The zero-order chi connectivity index (χ0) is 23.0. The molecule has 2 aromatic carbocycles. The van der Waals surface area contributed by atoms with Crippen LogP contribution in [-0.2, 0) is 9.59 Å². The van der Waals surface area contributed by atoms with Gasteiger partial charge >= 0.3 is 0 Å². The highest BCUT2D eigenvalue weighted by Crippen LogP contribution is 2.11. The predicted octanol–water partition coefficient (Wildman–Crippen LogP) is 4.47. The highest BCUT2D eigenvalue weighted by molar-refractivity contribution is 6.00. The van der Waals surface area contributed by atoms with E-state index in [0.29, 0.717) is 6.42 Å². The fourth-order valence-corrected chi connectivity index (χ4v) is 2.88. The third kappa shape index (κ3) is 7.48. The first kappa shape index (κ1) is 24.0. The molecule has 0 saturated heterocycles. The number of amides is 2. The summed E-state index contributed by atoms with van der Waals surface area (Å²) in [6, 6.07) is 12.1. The fourth-order valence-electron chi connectivity index (χ4n) is 2.88. The molecule has 2 amide bonds. The van der Waals surface area contributed by atoms with Crippen molar-refractivity contribution < 1.29 is 9.59 Å². The molecule has 6 nitrogen and oxygen atoms in total. The van der Waals surface area contributed by atoms with E-state index < -0.39 is 0 Å². The van der Waals surface area contributed by atoms with E-state index in [1.165, 1.54) is 22.3 Å². The molecule has 31 heavy (non-hydrogen) atoms. The van der Waals surface area contributed by atoms with Crippen LogP contribution in [0.2, 0.25) is 0 Å². The molecule has 0 atom stereocenters. The van der Waals surface area contributed by atoms with Gasteiger partial charge in [-0.3, -0.25) is 9.59 Å². The third-order valence-corrected chi connectivity index (χ3v) is 5.35. The SMILES string of the molecule is C/C(=N\NC(=O)CCCC(=O)N/N=C(\C)c1ccc(C)c(C)c1)c1ccc(C)c(C)c1. The van der Waals surface area contributed by atoms with Gasteiger partial charge in [-0.25, -0.2) is 10.9 Å². The molecular weight excluding hydrogens is 388 g/mol. The molecule has 2 rings (SSSR count). The lowest BCUT2D eigenvalue weighted by Crippen LogP contribution is -2.22. The van der Waals surface area contributed by atoms with Crippen molar-refractivity contribution in [3.63, 3.8) is 0 Å². The molecule has 0 aliphatic heterocycles. The zero-order valence-corrected chi connectivity index (χ0v) is 19.3. The van der Waals surface area contributed by atoms with Gasteiger partial charge in [0.25, 0.3) is 0 Å². The van der Waals surface area contributed by atoms with Crippen LogP contribution in [0.1, 0.15) is 66.5 Å². The maximum Gasteiger partial charge on any atom is 0.240 e. The van der Waals surface area contributed by atoms with Gasteiger partial charge in [0.1, 0.15) is 0 Å². The quantitative estimate of drug-likeness (QED) is 0.488. The largest absolute Gasteiger partial charge is 0.273 e. The van der Waals surface area contributed by atoms with Crippen LogP contribution >= 0.6 is 0 Å². The highest BCUT2D eigenvalue weighted by atomic mass is 16.2. The Hall–Kier alpha value is -3.28. The van der Waals surface area contributed by atoms with E-state index in [1.54, 1.807) is 0 Å². The van der Waals surface area contributed by atoms with E-state index in [-0.39, 0.29) is 24.7 Å². The topological polar surface area (TPSA) is 82.9 Å². The van der Waals surface area contributed by atoms with Crippen molar-refractivity contribution in [3.8, 4) is 0 Å². The monoisotopic (exact) mass is 420 g/mol. The van der Waals surface area contributed by atoms with E-state index in [4.69, 9.17) is 0 Å². The number of nitrogens with zero attached hydrogens (tertiary/aromatic N) is 2. The van der Waals surface area contributed by atoms with Gasteiger partial charge in [-0.05, 0) is 93.5 Å². The molecule has 2 aromatic rings. The second kappa shape index (κ2) is 11.2. The first-order valence-electron chi connectivity index (χ1n) is 10.5. The highest BCUT2D eigenvalue weighted by Gasteiger charge is 2.06. The van der Waals surface area contributed by atoms with Gasteiger partial charge in [0.05, 0.1) is 11.4 Å². The Morgan fingerprint density at radius 2 is 1.06 bits per heavy atom. The summed E-state index contributed by atoms with van der Waals surface area (Å²) < 4.78 is 0. The fraction of sp³-hybridized carbons (Fsp3) is 0.360. The number of hydrazone groups is 2. The molecule has 0 aliphatic carbocycles. The van der Waals surface area contributed by atoms with Gasteiger partial charge in [0, 0.05) is 12.8 Å². The first-order chi connectivity index (χ1) is 14.7. The summed E-state index contributed by atoms with van der Waals surface area (Å²) in [5.41, 5.74) is 13.3. The number of nitrogens with one attached hydrogen (secondary N) is 2. The summed E-state index contributed by atoms with van der Waals surface area (Å²) in [6.45, 7) is 11.9. The van der Waals surface area contributed by atoms with Crippen molar-refractivity contribution in [2.45, 2.75) is 60.8 Å². The minimum absolute atomic E-state index is 0.217. The molecule has 0 aromatic heterocycles. The van der Waals surface area contributed by atoms with Crippen LogP contribution in [0.5, 0.6) is 0 Å². The predicted molar refractivity (Wildman–Crippen MR) is 126 cm³/mol. The third-order valence-electron chi connectivity index (χ3n) is 5.35. The molecule has 0 saturated carbocycles. The number of hydrogen-bond donors (Lipinski definition) is 2. The normalized spacial score (nSPS) is 11.9. The van der Waals surface area contributed by atoms with E-state index in [0.717, 1.165) is 22.6 Å². The lowest BCUT2D eigenvalue weighted by atomic mass is 10.0. The van der Waals surface area contributed by atoms with Gasteiger partial charge in [-0.1, -0.05) is 24.3 Å². The van der Waals surface area contributed by atoms with Gasteiger partial charge in [-0.2, -0.15) is 10.2 Å². The van der Waals surface area contributed by atoms with E-state index in [1.807, 2.05) is 64.1 Å². The van der Waals surface area contributed by atoms with Crippen LogP contribution in [0.3, 0.4) is 0 Å². The van der Waals surface area contributed by atoms with Crippen LogP contribution in [0.25, 0.3) is 0 Å². The second-order valence-electron chi connectivity index (χ2n) is 7.92. The van der Waals surface area contributed by atoms with Crippen molar-refractivity contribution in [2.24, 2.45) is 10.2 Å². The summed E-state index contributed by atoms with van der Waals surface area (Å²) in [7, 11) is 0. The van der Waals surface area contributed by atoms with Crippen molar-refractivity contribution >= 4 is 23.2 Å². The average Bonchev–Trinajstić information content (AvgIpc) is 2.74. The van der Waals surface area contributed by atoms with Crippen LogP contribution < -0.4 is 10.9 Å². The molecule has 0 aliphatic rings. The Balaban J connectivity index is 1.76. The molecular formula is C25H32N4O2. The minimum atomic E-state index is -0.217. The number of benzene rings is 2. The van der Waals surface area contributed by atoms with Gasteiger partial charge in [0.15, 0.2) is 0 Å². The average molecular weight is 421 g/mol. The molecule has 0 unspecified atom stereocenters. The number of carbonyl (C=O) groups excluding carboxylic acids is 2. The summed E-state index contributed by atoms with van der Waals surface area (Å²) in [5.74, 6) is -0.434. The second-order valence-corrected chi connectivity index (χ2v) is 7.92.